The van der Waals surface area contributed by atoms with Crippen molar-refractivity contribution in [2.24, 2.45) is 4.99 Å². The molecule has 1 aromatic rings. The summed E-state index contributed by atoms with van der Waals surface area (Å²) in [5, 5.41) is 6.60. The number of guanidine groups is 1. The van der Waals surface area contributed by atoms with E-state index >= 15 is 0 Å². The minimum Gasteiger partial charge on any atom is -0.492 e. The van der Waals surface area contributed by atoms with Crippen LogP contribution in [0.2, 0.25) is 0 Å². The second-order valence-electron chi connectivity index (χ2n) is 6.63. The number of rotatable bonds is 7. The van der Waals surface area contributed by atoms with Gasteiger partial charge < -0.3 is 20.3 Å². The standard InChI is InChI=1S/C19H29F3N4O.HI/c1-3-11-26-12-8-16(9-13-26)25-18(23-2)24-10-14-27-17-6-4-15(5-7-17)19(20,21)22;/h4-7,16H,3,8-14H2,1-2H3,(H2,23,24,25);1H. The first-order chi connectivity index (χ1) is 12.9. The van der Waals surface area contributed by atoms with Gasteiger partial charge in [-0.05, 0) is 50.1 Å². The highest BCUT2D eigenvalue weighted by Crippen LogP contribution is 2.30. The molecule has 0 radical (unpaired) electrons. The molecule has 0 amide bonds. The molecule has 2 rings (SSSR count). The third kappa shape index (κ3) is 8.42. The number of halogens is 4. The van der Waals surface area contributed by atoms with E-state index < -0.39 is 11.7 Å². The van der Waals surface area contributed by atoms with Crippen molar-refractivity contribution in [2.75, 3.05) is 39.8 Å². The molecule has 0 spiro atoms. The maximum absolute atomic E-state index is 12.5. The Kier molecular flexibility index (Phi) is 10.9. The second-order valence-corrected chi connectivity index (χ2v) is 6.63. The van der Waals surface area contributed by atoms with Crippen LogP contribution in [-0.2, 0) is 6.18 Å². The van der Waals surface area contributed by atoms with E-state index in [-0.39, 0.29) is 24.0 Å². The van der Waals surface area contributed by atoms with Crippen LogP contribution in [0.4, 0.5) is 13.2 Å². The molecule has 1 aromatic carbocycles. The number of nitrogens with zero attached hydrogens (tertiary/aromatic N) is 2. The normalized spacial score (nSPS) is 16.4. The second kappa shape index (κ2) is 12.4. The van der Waals surface area contributed by atoms with Gasteiger partial charge in [0.05, 0.1) is 12.1 Å². The summed E-state index contributed by atoms with van der Waals surface area (Å²) in [4.78, 5) is 6.70. The third-order valence-electron chi connectivity index (χ3n) is 4.54. The molecule has 1 fully saturated rings. The lowest BCUT2D eigenvalue weighted by molar-refractivity contribution is -0.137. The maximum atomic E-state index is 12.5. The SMILES string of the molecule is CCCN1CCC(NC(=NC)NCCOc2ccc(C(F)(F)F)cc2)CC1.I. The Hall–Kier alpha value is -1.23. The molecule has 1 aliphatic heterocycles. The smallest absolute Gasteiger partial charge is 0.416 e. The predicted octanol–water partition coefficient (Wildman–Crippen LogP) is 3.74. The van der Waals surface area contributed by atoms with Gasteiger partial charge in [-0.1, -0.05) is 6.92 Å². The zero-order valence-corrected chi connectivity index (χ0v) is 18.7. The van der Waals surface area contributed by atoms with Gasteiger partial charge in [-0.3, -0.25) is 4.99 Å². The molecule has 2 N–H and O–H groups in total. The van der Waals surface area contributed by atoms with Gasteiger partial charge in [-0.25, -0.2) is 0 Å². The summed E-state index contributed by atoms with van der Waals surface area (Å²) in [6.45, 7) is 6.39. The molecular formula is C19H30F3IN4O. The lowest BCUT2D eigenvalue weighted by Gasteiger charge is -2.32. The average molecular weight is 514 g/mol. The number of alkyl halides is 3. The van der Waals surface area contributed by atoms with Crippen molar-refractivity contribution >= 4 is 29.9 Å². The van der Waals surface area contributed by atoms with Crippen LogP contribution < -0.4 is 15.4 Å². The van der Waals surface area contributed by atoms with Crippen LogP contribution in [0.1, 0.15) is 31.7 Å². The predicted molar refractivity (Wildman–Crippen MR) is 117 cm³/mol. The number of benzene rings is 1. The number of ether oxygens (including phenoxy) is 1. The number of aliphatic imine (C=N–C) groups is 1. The van der Waals surface area contributed by atoms with Crippen LogP contribution in [0.25, 0.3) is 0 Å². The van der Waals surface area contributed by atoms with E-state index in [0.717, 1.165) is 50.6 Å². The van der Waals surface area contributed by atoms with Crippen molar-refractivity contribution in [3.05, 3.63) is 29.8 Å². The summed E-state index contributed by atoms with van der Waals surface area (Å²) in [6, 6.07) is 5.11. The molecule has 9 heteroatoms. The summed E-state index contributed by atoms with van der Waals surface area (Å²) in [7, 11) is 1.72. The average Bonchev–Trinajstić information content (AvgIpc) is 2.65. The summed E-state index contributed by atoms with van der Waals surface area (Å²) in [5.74, 6) is 1.14. The van der Waals surface area contributed by atoms with Crippen molar-refractivity contribution in [2.45, 2.75) is 38.4 Å². The summed E-state index contributed by atoms with van der Waals surface area (Å²) >= 11 is 0. The zero-order chi connectivity index (χ0) is 19.7. The van der Waals surface area contributed by atoms with Crippen LogP contribution in [0.3, 0.4) is 0 Å². The Morgan fingerprint density at radius 1 is 1.21 bits per heavy atom. The fourth-order valence-electron chi connectivity index (χ4n) is 3.08. The topological polar surface area (TPSA) is 48.9 Å². The van der Waals surface area contributed by atoms with Gasteiger partial charge in [0.25, 0.3) is 0 Å². The van der Waals surface area contributed by atoms with Gasteiger partial charge in [0.2, 0.25) is 0 Å². The molecule has 0 saturated carbocycles. The van der Waals surface area contributed by atoms with E-state index in [1.807, 2.05) is 0 Å². The fraction of sp³-hybridized carbons (Fsp3) is 0.632. The van der Waals surface area contributed by atoms with Gasteiger partial charge in [0, 0.05) is 26.2 Å². The molecule has 5 nitrogen and oxygen atoms in total. The molecule has 0 bridgehead atoms. The number of hydrogen-bond donors (Lipinski definition) is 2. The lowest BCUT2D eigenvalue weighted by atomic mass is 10.1. The minimum absolute atomic E-state index is 0. The Labute approximate surface area is 182 Å². The number of hydrogen-bond acceptors (Lipinski definition) is 3. The van der Waals surface area contributed by atoms with Crippen molar-refractivity contribution in [1.82, 2.24) is 15.5 Å². The Morgan fingerprint density at radius 2 is 1.86 bits per heavy atom. The first-order valence-corrected chi connectivity index (χ1v) is 9.42. The van der Waals surface area contributed by atoms with Gasteiger partial charge >= 0.3 is 6.18 Å². The lowest BCUT2D eigenvalue weighted by Crippen LogP contribution is -2.49. The van der Waals surface area contributed by atoms with Gasteiger partial charge in [-0.2, -0.15) is 13.2 Å². The summed E-state index contributed by atoms with van der Waals surface area (Å²) in [6.07, 6.45) is -0.976. The molecule has 160 valence electrons. The molecule has 0 unspecified atom stereocenters. The number of piperidine rings is 1. The Balaban J connectivity index is 0.00000392. The Bertz CT molecular complexity index is 588. The first-order valence-electron chi connectivity index (χ1n) is 9.42. The molecule has 1 saturated heterocycles. The molecule has 0 atom stereocenters. The molecule has 0 aromatic heterocycles. The first kappa shape index (κ1) is 24.8. The number of nitrogens with one attached hydrogen (secondary N) is 2. The van der Waals surface area contributed by atoms with Crippen LogP contribution in [0.15, 0.2) is 29.3 Å². The molecule has 0 aliphatic carbocycles. The summed E-state index contributed by atoms with van der Waals surface area (Å²) in [5.41, 5.74) is -0.678. The van der Waals surface area contributed by atoms with E-state index in [4.69, 9.17) is 4.74 Å². The van der Waals surface area contributed by atoms with Gasteiger partial charge in [-0.15, -0.1) is 24.0 Å². The molecular weight excluding hydrogens is 484 g/mol. The van der Waals surface area contributed by atoms with Crippen LogP contribution in [0.5, 0.6) is 5.75 Å². The van der Waals surface area contributed by atoms with E-state index in [1.54, 1.807) is 7.05 Å². The van der Waals surface area contributed by atoms with E-state index in [0.29, 0.717) is 24.9 Å². The van der Waals surface area contributed by atoms with E-state index in [9.17, 15) is 13.2 Å². The fourth-order valence-corrected chi connectivity index (χ4v) is 3.08. The minimum atomic E-state index is -4.33. The van der Waals surface area contributed by atoms with Crippen molar-refractivity contribution < 1.29 is 17.9 Å². The van der Waals surface area contributed by atoms with Crippen LogP contribution in [-0.4, -0.2) is 56.7 Å². The number of likely N-dealkylation sites (tertiary alicyclic amines) is 1. The van der Waals surface area contributed by atoms with Crippen molar-refractivity contribution in [3.8, 4) is 5.75 Å². The quantitative estimate of drug-likeness (QED) is 0.252. The zero-order valence-electron chi connectivity index (χ0n) is 16.4. The molecule has 28 heavy (non-hydrogen) atoms. The molecule has 1 heterocycles. The van der Waals surface area contributed by atoms with E-state index in [2.05, 4.69) is 27.4 Å². The third-order valence-corrected chi connectivity index (χ3v) is 4.54. The highest BCUT2D eigenvalue weighted by molar-refractivity contribution is 14.0. The largest absolute Gasteiger partial charge is 0.492 e. The Morgan fingerprint density at radius 3 is 2.39 bits per heavy atom. The molecule has 1 aliphatic rings. The highest BCUT2D eigenvalue weighted by atomic mass is 127. The monoisotopic (exact) mass is 514 g/mol. The van der Waals surface area contributed by atoms with Gasteiger partial charge in [0.15, 0.2) is 5.96 Å². The van der Waals surface area contributed by atoms with Crippen LogP contribution >= 0.6 is 24.0 Å². The van der Waals surface area contributed by atoms with Crippen molar-refractivity contribution in [3.63, 3.8) is 0 Å². The van der Waals surface area contributed by atoms with Crippen molar-refractivity contribution in [1.29, 1.82) is 0 Å². The van der Waals surface area contributed by atoms with E-state index in [1.165, 1.54) is 18.6 Å². The van der Waals surface area contributed by atoms with Gasteiger partial charge in [0.1, 0.15) is 12.4 Å². The highest BCUT2D eigenvalue weighted by Gasteiger charge is 2.30. The van der Waals surface area contributed by atoms with Crippen LogP contribution in [0, 0.1) is 0 Å². The summed E-state index contributed by atoms with van der Waals surface area (Å²) < 4.78 is 43.1. The maximum Gasteiger partial charge on any atom is 0.416 e.